The molecule has 0 N–H and O–H groups in total. The lowest BCUT2D eigenvalue weighted by molar-refractivity contribution is 0.406. The van der Waals surface area contributed by atoms with Crippen LogP contribution in [0.5, 0.6) is 5.75 Å². The lowest BCUT2D eigenvalue weighted by atomic mass is 10.1. The summed E-state index contributed by atoms with van der Waals surface area (Å²) in [6, 6.07) is 3.84. The third kappa shape index (κ3) is 2.22. The van der Waals surface area contributed by atoms with Gasteiger partial charge in [0.25, 0.3) is 0 Å². The van der Waals surface area contributed by atoms with Crippen molar-refractivity contribution in [1.29, 1.82) is 0 Å². The first-order valence-corrected chi connectivity index (χ1v) is 4.85. The number of isocyanates is 1. The molecular formula is C10H10BrNO2. The number of ether oxygens (including phenoxy) is 1. The van der Waals surface area contributed by atoms with Crippen LogP contribution in [0.1, 0.15) is 11.1 Å². The monoisotopic (exact) mass is 255 g/mol. The number of methoxy groups -OCH3 is 1. The number of carbonyl (C=O) groups excluding carboxylic acids is 1. The minimum atomic E-state index is 0.297. The van der Waals surface area contributed by atoms with Gasteiger partial charge < -0.3 is 4.74 Å². The van der Waals surface area contributed by atoms with Gasteiger partial charge in [-0.25, -0.2) is 9.79 Å². The van der Waals surface area contributed by atoms with Gasteiger partial charge in [-0.1, -0.05) is 12.1 Å². The SMILES string of the molecule is COc1c(CN=C=O)ccc(C)c1Br. The van der Waals surface area contributed by atoms with Crippen LogP contribution in [0, 0.1) is 6.92 Å². The maximum Gasteiger partial charge on any atom is 0.235 e. The fraction of sp³-hybridized carbons (Fsp3) is 0.300. The molecule has 14 heavy (non-hydrogen) atoms. The van der Waals surface area contributed by atoms with Crippen LogP contribution < -0.4 is 4.74 Å². The zero-order valence-electron chi connectivity index (χ0n) is 8.00. The summed E-state index contributed by atoms with van der Waals surface area (Å²) in [5.74, 6) is 0.726. The molecule has 0 radical (unpaired) electrons. The van der Waals surface area contributed by atoms with Crippen LogP contribution in [-0.4, -0.2) is 13.2 Å². The normalized spacial score (nSPS) is 9.36. The lowest BCUT2D eigenvalue weighted by Crippen LogP contribution is -1.93. The number of hydrogen-bond acceptors (Lipinski definition) is 3. The summed E-state index contributed by atoms with van der Waals surface area (Å²) < 4.78 is 6.12. The quantitative estimate of drug-likeness (QED) is 0.615. The van der Waals surface area contributed by atoms with E-state index in [1.54, 1.807) is 7.11 Å². The summed E-state index contributed by atoms with van der Waals surface area (Å²) in [6.07, 6.45) is 1.51. The Labute approximate surface area is 90.9 Å². The van der Waals surface area contributed by atoms with Gasteiger partial charge in [-0.05, 0) is 28.4 Å². The van der Waals surface area contributed by atoms with E-state index < -0.39 is 0 Å². The van der Waals surface area contributed by atoms with E-state index in [0.29, 0.717) is 6.54 Å². The molecule has 0 aliphatic heterocycles. The van der Waals surface area contributed by atoms with E-state index in [4.69, 9.17) is 4.74 Å². The van der Waals surface area contributed by atoms with Crippen LogP contribution in [0.25, 0.3) is 0 Å². The van der Waals surface area contributed by atoms with Crippen LogP contribution >= 0.6 is 15.9 Å². The predicted octanol–water partition coefficient (Wildman–Crippen LogP) is 2.60. The second-order valence-corrected chi connectivity index (χ2v) is 3.59. The van der Waals surface area contributed by atoms with Crippen LogP contribution in [-0.2, 0) is 11.3 Å². The minimum Gasteiger partial charge on any atom is -0.495 e. The van der Waals surface area contributed by atoms with Gasteiger partial charge in [0, 0.05) is 5.56 Å². The molecule has 0 heterocycles. The summed E-state index contributed by atoms with van der Waals surface area (Å²) in [5, 5.41) is 0. The first kappa shape index (κ1) is 11.0. The zero-order chi connectivity index (χ0) is 10.6. The molecular weight excluding hydrogens is 246 g/mol. The Kier molecular flexibility index (Phi) is 3.86. The number of nitrogens with zero attached hydrogens (tertiary/aromatic N) is 1. The van der Waals surface area contributed by atoms with Crippen molar-refractivity contribution < 1.29 is 9.53 Å². The summed E-state index contributed by atoms with van der Waals surface area (Å²) in [7, 11) is 1.59. The van der Waals surface area contributed by atoms with Crippen molar-refractivity contribution in [1.82, 2.24) is 0 Å². The highest BCUT2D eigenvalue weighted by atomic mass is 79.9. The Bertz CT molecular complexity index is 384. The molecule has 0 aromatic heterocycles. The Morgan fingerprint density at radius 2 is 2.29 bits per heavy atom. The van der Waals surface area contributed by atoms with Gasteiger partial charge >= 0.3 is 0 Å². The molecule has 1 aromatic carbocycles. The molecule has 0 atom stereocenters. The second-order valence-electron chi connectivity index (χ2n) is 2.80. The van der Waals surface area contributed by atoms with Gasteiger partial charge in [-0.15, -0.1) is 0 Å². The van der Waals surface area contributed by atoms with Crippen LogP contribution in [0.15, 0.2) is 21.6 Å². The van der Waals surface area contributed by atoms with Crippen molar-refractivity contribution in [3.63, 3.8) is 0 Å². The Morgan fingerprint density at radius 1 is 1.57 bits per heavy atom. The van der Waals surface area contributed by atoms with Crippen molar-refractivity contribution in [2.45, 2.75) is 13.5 Å². The molecule has 1 rings (SSSR count). The van der Waals surface area contributed by atoms with E-state index in [-0.39, 0.29) is 0 Å². The zero-order valence-corrected chi connectivity index (χ0v) is 9.59. The molecule has 0 aliphatic carbocycles. The van der Waals surface area contributed by atoms with Crippen LogP contribution in [0.3, 0.4) is 0 Å². The second kappa shape index (κ2) is 4.94. The Balaban J connectivity index is 3.16. The van der Waals surface area contributed by atoms with Gasteiger partial charge in [0.2, 0.25) is 6.08 Å². The highest BCUT2D eigenvalue weighted by Gasteiger charge is 2.08. The van der Waals surface area contributed by atoms with Crippen molar-refractivity contribution in [3.8, 4) is 5.75 Å². The molecule has 1 aromatic rings. The van der Waals surface area contributed by atoms with E-state index in [9.17, 15) is 4.79 Å². The third-order valence-corrected chi connectivity index (χ3v) is 2.88. The maximum atomic E-state index is 9.99. The van der Waals surface area contributed by atoms with E-state index in [1.807, 2.05) is 19.1 Å². The smallest absolute Gasteiger partial charge is 0.235 e. The molecule has 3 nitrogen and oxygen atoms in total. The van der Waals surface area contributed by atoms with Gasteiger partial charge in [-0.3, -0.25) is 0 Å². The number of rotatable bonds is 3. The fourth-order valence-corrected chi connectivity index (χ4v) is 1.71. The Hall–Kier alpha value is -1.12. The standard InChI is InChI=1S/C10H10BrNO2/c1-7-3-4-8(5-12-6-13)10(14-2)9(7)11/h3-4H,5H2,1-2H3. The highest BCUT2D eigenvalue weighted by Crippen LogP contribution is 2.32. The largest absolute Gasteiger partial charge is 0.495 e. The van der Waals surface area contributed by atoms with Gasteiger partial charge in [0.1, 0.15) is 5.75 Å². The summed E-state index contributed by atoms with van der Waals surface area (Å²) in [6.45, 7) is 2.27. The minimum absolute atomic E-state index is 0.297. The summed E-state index contributed by atoms with van der Waals surface area (Å²) in [4.78, 5) is 13.5. The van der Waals surface area contributed by atoms with Crippen LogP contribution in [0.4, 0.5) is 0 Å². The maximum absolute atomic E-state index is 9.99. The van der Waals surface area contributed by atoms with E-state index in [2.05, 4.69) is 20.9 Å². The number of halogens is 1. The molecule has 0 saturated heterocycles. The Morgan fingerprint density at radius 3 is 2.86 bits per heavy atom. The topological polar surface area (TPSA) is 38.7 Å². The summed E-state index contributed by atoms with van der Waals surface area (Å²) >= 11 is 3.42. The fourth-order valence-electron chi connectivity index (χ4n) is 1.16. The molecule has 0 amide bonds. The van der Waals surface area contributed by atoms with Crippen molar-refractivity contribution in [3.05, 3.63) is 27.7 Å². The predicted molar refractivity (Wildman–Crippen MR) is 57.3 cm³/mol. The molecule has 4 heteroatoms. The molecule has 0 bridgehead atoms. The number of aryl methyl sites for hydroxylation is 1. The highest BCUT2D eigenvalue weighted by molar-refractivity contribution is 9.10. The van der Waals surface area contributed by atoms with Crippen LogP contribution in [0.2, 0.25) is 0 Å². The number of benzene rings is 1. The van der Waals surface area contributed by atoms with Gasteiger partial charge in [0.05, 0.1) is 18.1 Å². The average molecular weight is 256 g/mol. The lowest BCUT2D eigenvalue weighted by Gasteiger charge is -2.09. The average Bonchev–Trinajstić information content (AvgIpc) is 2.20. The molecule has 0 spiro atoms. The van der Waals surface area contributed by atoms with Gasteiger partial charge in [-0.2, -0.15) is 0 Å². The molecule has 0 aliphatic rings. The van der Waals surface area contributed by atoms with E-state index in [0.717, 1.165) is 21.3 Å². The first-order chi connectivity index (χ1) is 6.70. The van der Waals surface area contributed by atoms with Crippen molar-refractivity contribution in [2.75, 3.05) is 7.11 Å². The van der Waals surface area contributed by atoms with Crippen molar-refractivity contribution in [2.24, 2.45) is 4.99 Å². The van der Waals surface area contributed by atoms with Gasteiger partial charge in [0.15, 0.2) is 0 Å². The first-order valence-electron chi connectivity index (χ1n) is 4.06. The number of hydrogen-bond donors (Lipinski definition) is 0. The molecule has 74 valence electrons. The number of aliphatic imine (C=N–C) groups is 1. The van der Waals surface area contributed by atoms with E-state index in [1.165, 1.54) is 6.08 Å². The molecule has 0 fully saturated rings. The summed E-state index contributed by atoms with van der Waals surface area (Å²) in [5.41, 5.74) is 1.95. The van der Waals surface area contributed by atoms with E-state index >= 15 is 0 Å². The van der Waals surface area contributed by atoms with Crippen molar-refractivity contribution >= 4 is 22.0 Å². The third-order valence-electron chi connectivity index (χ3n) is 1.89. The molecule has 0 unspecified atom stereocenters. The molecule has 0 saturated carbocycles.